The van der Waals surface area contributed by atoms with Crippen molar-refractivity contribution in [3.63, 3.8) is 0 Å². The van der Waals surface area contributed by atoms with E-state index in [1.54, 1.807) is 14.2 Å². The molecular weight excluding hydrogens is 360 g/mol. The summed E-state index contributed by atoms with van der Waals surface area (Å²) < 4.78 is 11.3. The van der Waals surface area contributed by atoms with Gasteiger partial charge in [0.05, 0.1) is 19.9 Å². The van der Waals surface area contributed by atoms with Crippen molar-refractivity contribution >= 4 is 33.2 Å². The van der Waals surface area contributed by atoms with E-state index in [1.807, 2.05) is 42.5 Å². The molecule has 0 aliphatic carbocycles. The highest BCUT2D eigenvalue weighted by Gasteiger charge is 2.07. The van der Waals surface area contributed by atoms with Crippen molar-refractivity contribution < 1.29 is 14.3 Å². The molecule has 0 saturated heterocycles. The van der Waals surface area contributed by atoms with Gasteiger partial charge in [0, 0.05) is 29.2 Å². The van der Waals surface area contributed by atoms with Gasteiger partial charge in [-0.3, -0.25) is 4.79 Å². The van der Waals surface area contributed by atoms with Gasteiger partial charge >= 0.3 is 0 Å². The van der Waals surface area contributed by atoms with Gasteiger partial charge in [-0.2, -0.15) is 0 Å². The number of para-hydroxylation sites is 1. The molecule has 2 aromatic rings. The molecule has 6 heteroatoms. The number of carbonyl (C=O) groups is 1. The van der Waals surface area contributed by atoms with E-state index in [1.165, 1.54) is 0 Å². The summed E-state index contributed by atoms with van der Waals surface area (Å²) in [6.45, 7) is 0.520. The molecule has 0 aromatic heterocycles. The molecule has 0 fully saturated rings. The van der Waals surface area contributed by atoms with Gasteiger partial charge in [0.2, 0.25) is 5.91 Å². The predicted octanol–water partition coefficient (Wildman–Crippen LogP) is 3.91. The van der Waals surface area contributed by atoms with Crippen LogP contribution in [0.4, 0.5) is 11.4 Å². The summed E-state index contributed by atoms with van der Waals surface area (Å²) in [7, 11) is 3.18. The second-order valence-electron chi connectivity index (χ2n) is 4.77. The van der Waals surface area contributed by atoms with Crippen molar-refractivity contribution in [2.45, 2.75) is 6.42 Å². The van der Waals surface area contributed by atoms with E-state index in [4.69, 9.17) is 9.47 Å². The Kier molecular flexibility index (Phi) is 6.29. The van der Waals surface area contributed by atoms with Crippen LogP contribution in [-0.2, 0) is 4.79 Å². The van der Waals surface area contributed by atoms with Gasteiger partial charge in [-0.15, -0.1) is 0 Å². The largest absolute Gasteiger partial charge is 0.493 e. The number of hydrogen-bond donors (Lipinski definition) is 2. The molecule has 0 aliphatic rings. The van der Waals surface area contributed by atoms with Crippen LogP contribution in [0.2, 0.25) is 0 Å². The smallest absolute Gasteiger partial charge is 0.226 e. The standard InChI is InChI=1S/C17H19BrN2O3/c1-22-15-8-7-12(11-16(15)23-2)19-10-9-17(21)20-14-6-4-3-5-13(14)18/h3-8,11,19H,9-10H2,1-2H3,(H,20,21). The first-order valence-corrected chi connectivity index (χ1v) is 7.93. The molecule has 2 N–H and O–H groups in total. The second-order valence-corrected chi connectivity index (χ2v) is 5.63. The average Bonchev–Trinajstić information content (AvgIpc) is 2.56. The van der Waals surface area contributed by atoms with Gasteiger partial charge in [0.1, 0.15) is 0 Å². The molecular formula is C17H19BrN2O3. The molecule has 0 atom stereocenters. The molecule has 5 nitrogen and oxygen atoms in total. The molecule has 122 valence electrons. The van der Waals surface area contributed by atoms with Crippen molar-refractivity contribution in [3.8, 4) is 11.5 Å². The molecule has 0 spiro atoms. The zero-order valence-corrected chi connectivity index (χ0v) is 14.6. The van der Waals surface area contributed by atoms with Gasteiger partial charge in [-0.1, -0.05) is 12.1 Å². The third-order valence-corrected chi connectivity index (χ3v) is 3.90. The molecule has 0 bridgehead atoms. The van der Waals surface area contributed by atoms with Gasteiger partial charge in [-0.05, 0) is 40.2 Å². The SMILES string of the molecule is COc1ccc(NCCC(=O)Nc2ccccc2Br)cc1OC. The average molecular weight is 379 g/mol. The Balaban J connectivity index is 1.85. The Morgan fingerprint density at radius 3 is 2.52 bits per heavy atom. The van der Waals surface area contributed by atoms with Crippen LogP contribution in [0.3, 0.4) is 0 Å². The summed E-state index contributed by atoms with van der Waals surface area (Å²) in [5.74, 6) is 1.27. The molecule has 0 aliphatic heterocycles. The maximum absolute atomic E-state index is 12.0. The summed E-state index contributed by atoms with van der Waals surface area (Å²) in [5.41, 5.74) is 1.64. The third-order valence-electron chi connectivity index (χ3n) is 3.21. The van der Waals surface area contributed by atoms with E-state index in [9.17, 15) is 4.79 Å². The highest BCUT2D eigenvalue weighted by atomic mass is 79.9. The van der Waals surface area contributed by atoms with E-state index in [0.29, 0.717) is 24.5 Å². The Morgan fingerprint density at radius 1 is 1.09 bits per heavy atom. The number of rotatable bonds is 7. The maximum atomic E-state index is 12.0. The van der Waals surface area contributed by atoms with Crippen molar-refractivity contribution in [1.82, 2.24) is 0 Å². The van der Waals surface area contributed by atoms with E-state index in [0.717, 1.165) is 15.8 Å². The van der Waals surface area contributed by atoms with Crippen LogP contribution in [0, 0.1) is 0 Å². The lowest BCUT2D eigenvalue weighted by molar-refractivity contribution is -0.115. The highest BCUT2D eigenvalue weighted by Crippen LogP contribution is 2.29. The zero-order chi connectivity index (χ0) is 16.7. The van der Waals surface area contributed by atoms with Crippen molar-refractivity contribution in [2.75, 3.05) is 31.4 Å². The number of amides is 1. The van der Waals surface area contributed by atoms with Crippen LogP contribution in [0.5, 0.6) is 11.5 Å². The monoisotopic (exact) mass is 378 g/mol. The van der Waals surface area contributed by atoms with E-state index >= 15 is 0 Å². The number of carbonyl (C=O) groups excluding carboxylic acids is 1. The van der Waals surface area contributed by atoms with Crippen molar-refractivity contribution in [3.05, 3.63) is 46.9 Å². The lowest BCUT2D eigenvalue weighted by Crippen LogP contribution is -2.16. The number of nitrogens with one attached hydrogen (secondary N) is 2. The van der Waals surface area contributed by atoms with Crippen LogP contribution in [0.15, 0.2) is 46.9 Å². The van der Waals surface area contributed by atoms with Crippen LogP contribution in [0.1, 0.15) is 6.42 Å². The van der Waals surface area contributed by atoms with Gasteiger partial charge in [0.25, 0.3) is 0 Å². The number of hydrogen-bond acceptors (Lipinski definition) is 4. The first kappa shape index (κ1) is 17.1. The summed E-state index contributed by atoms with van der Waals surface area (Å²) in [6, 6.07) is 13.1. The Morgan fingerprint density at radius 2 is 1.83 bits per heavy atom. The molecule has 2 rings (SSSR count). The lowest BCUT2D eigenvalue weighted by Gasteiger charge is -2.11. The minimum Gasteiger partial charge on any atom is -0.493 e. The van der Waals surface area contributed by atoms with Crippen molar-refractivity contribution in [1.29, 1.82) is 0 Å². The Labute approximate surface area is 144 Å². The number of ether oxygens (including phenoxy) is 2. The first-order chi connectivity index (χ1) is 11.1. The molecule has 23 heavy (non-hydrogen) atoms. The van der Waals surface area contributed by atoms with Crippen molar-refractivity contribution in [2.24, 2.45) is 0 Å². The highest BCUT2D eigenvalue weighted by molar-refractivity contribution is 9.10. The third kappa shape index (κ3) is 4.89. The fourth-order valence-corrected chi connectivity index (χ4v) is 2.43. The fraction of sp³-hybridized carbons (Fsp3) is 0.235. The molecule has 0 saturated carbocycles. The molecule has 0 heterocycles. The minimum absolute atomic E-state index is 0.0510. The first-order valence-electron chi connectivity index (χ1n) is 7.14. The number of methoxy groups -OCH3 is 2. The quantitative estimate of drug-likeness (QED) is 0.766. The fourth-order valence-electron chi connectivity index (χ4n) is 2.04. The lowest BCUT2D eigenvalue weighted by atomic mass is 10.2. The van der Waals surface area contributed by atoms with Gasteiger partial charge in [0.15, 0.2) is 11.5 Å². The molecule has 0 unspecified atom stereocenters. The Bertz CT molecular complexity index is 677. The van der Waals surface area contributed by atoms with Gasteiger partial charge in [-0.25, -0.2) is 0 Å². The van der Waals surface area contributed by atoms with Crippen LogP contribution in [-0.4, -0.2) is 26.7 Å². The normalized spacial score (nSPS) is 10.0. The Hall–Kier alpha value is -2.21. The number of anilines is 2. The number of benzene rings is 2. The maximum Gasteiger partial charge on any atom is 0.226 e. The summed E-state index contributed by atoms with van der Waals surface area (Å²) in [4.78, 5) is 12.0. The van der Waals surface area contributed by atoms with E-state index in [2.05, 4.69) is 26.6 Å². The van der Waals surface area contributed by atoms with Crippen LogP contribution >= 0.6 is 15.9 Å². The zero-order valence-electron chi connectivity index (χ0n) is 13.1. The summed E-state index contributed by atoms with van der Waals surface area (Å²) >= 11 is 3.40. The summed E-state index contributed by atoms with van der Waals surface area (Å²) in [5, 5.41) is 6.06. The number of halogens is 1. The minimum atomic E-state index is -0.0510. The molecule has 2 aromatic carbocycles. The molecule has 0 radical (unpaired) electrons. The second kappa shape index (κ2) is 8.43. The van der Waals surface area contributed by atoms with Crippen LogP contribution < -0.4 is 20.1 Å². The van der Waals surface area contributed by atoms with Crippen LogP contribution in [0.25, 0.3) is 0 Å². The topological polar surface area (TPSA) is 59.6 Å². The summed E-state index contributed by atoms with van der Waals surface area (Å²) in [6.07, 6.45) is 0.357. The van der Waals surface area contributed by atoms with E-state index in [-0.39, 0.29) is 5.91 Å². The predicted molar refractivity (Wildman–Crippen MR) is 95.4 cm³/mol. The molecule has 1 amide bonds. The van der Waals surface area contributed by atoms with Gasteiger partial charge < -0.3 is 20.1 Å². The van der Waals surface area contributed by atoms with E-state index < -0.39 is 0 Å².